The van der Waals surface area contributed by atoms with Crippen LogP contribution in [0.1, 0.15) is 115 Å². The van der Waals surface area contributed by atoms with Gasteiger partial charge in [-0.25, -0.2) is 35.9 Å². The molecule has 0 bridgehead atoms. The number of Topliss-reactive ketones (excluding diaryl/α,β-unsaturated/α-hetero) is 1. The van der Waals surface area contributed by atoms with Crippen LogP contribution >= 0.6 is 23.2 Å². The molecule has 0 unspecified atom stereocenters. The quantitative estimate of drug-likeness (QED) is 0.0243. The van der Waals surface area contributed by atoms with Crippen LogP contribution in [0.5, 0.6) is 11.5 Å². The number of piperidine rings is 2. The summed E-state index contributed by atoms with van der Waals surface area (Å²) in [4.78, 5) is 38.1. The molecule has 514 valence electrons. The normalized spacial score (nSPS) is 20.0. The summed E-state index contributed by atoms with van der Waals surface area (Å²) < 4.78 is 94.3. The third-order valence-electron chi connectivity index (χ3n) is 18.0. The van der Waals surface area contributed by atoms with Crippen LogP contribution in [-0.4, -0.2) is 206 Å². The number of nitrogens with one attached hydrogen (secondary N) is 4. The van der Waals surface area contributed by atoms with Gasteiger partial charge in [-0.3, -0.25) is 14.6 Å². The fraction of sp³-hybridized carbons (Fsp3) is 0.588. The van der Waals surface area contributed by atoms with Crippen LogP contribution in [0.3, 0.4) is 0 Å². The zero-order valence-corrected chi connectivity index (χ0v) is 58.3. The second-order valence-corrected chi connectivity index (χ2v) is 29.5. The predicted molar refractivity (Wildman–Crippen MR) is 362 cm³/mol. The van der Waals surface area contributed by atoms with E-state index in [1.54, 1.807) is 42.5 Å². The van der Waals surface area contributed by atoms with Gasteiger partial charge in [-0.15, -0.1) is 0 Å². The average molecular weight is 1380 g/mol. The lowest BCUT2D eigenvalue weighted by Crippen LogP contribution is -2.51. The summed E-state index contributed by atoms with van der Waals surface area (Å²) in [6.45, 7) is 18.0. The molecule has 22 nitrogen and oxygen atoms in total. The van der Waals surface area contributed by atoms with Crippen LogP contribution in [0, 0.1) is 31.8 Å². The summed E-state index contributed by atoms with van der Waals surface area (Å²) in [7, 11) is 0.710. The number of hydrogen-bond donors (Lipinski definition) is 4. The smallest absolute Gasteiger partial charge is 0.314 e. The van der Waals surface area contributed by atoms with Crippen molar-refractivity contribution in [2.75, 3.05) is 133 Å². The third kappa shape index (κ3) is 21.0. The predicted octanol–water partition coefficient (Wildman–Crippen LogP) is 8.71. The number of likely N-dealkylation sites (N-methyl/N-ethyl adjacent to an activating group) is 2. The third-order valence-corrected chi connectivity index (χ3v) is 21.4. The number of amides is 2. The number of benzene rings is 4. The molecule has 0 spiro atoms. The van der Waals surface area contributed by atoms with Gasteiger partial charge >= 0.3 is 6.03 Å². The molecule has 2 aliphatic carbocycles. The van der Waals surface area contributed by atoms with Gasteiger partial charge in [-0.1, -0.05) is 29.6 Å². The zero-order valence-electron chi connectivity index (χ0n) is 55.2. The monoisotopic (exact) mass is 1380 g/mol. The number of ether oxygens (including phenoxy) is 6. The molecule has 0 saturated carbocycles. The van der Waals surface area contributed by atoms with Crippen LogP contribution < -0.4 is 29.6 Å². The van der Waals surface area contributed by atoms with Crippen molar-refractivity contribution >= 4 is 60.8 Å². The Hall–Kier alpha value is -5.52. The summed E-state index contributed by atoms with van der Waals surface area (Å²) in [6.07, 6.45) is 8.55. The minimum absolute atomic E-state index is 0.0108. The van der Waals surface area contributed by atoms with E-state index in [4.69, 9.17) is 58.2 Å². The van der Waals surface area contributed by atoms with Crippen molar-refractivity contribution < 1.29 is 54.8 Å². The first kappa shape index (κ1) is 74.3. The number of unbranched alkanes of at least 4 members (excludes halogenated alkanes) is 2. The number of rotatable bonds is 37. The molecule has 2 heterocycles. The van der Waals surface area contributed by atoms with E-state index in [2.05, 4.69) is 78.8 Å². The Labute approximate surface area is 566 Å². The van der Waals surface area contributed by atoms with Gasteiger partial charge in [-0.05, 0) is 207 Å². The van der Waals surface area contributed by atoms with Gasteiger partial charge in [0.15, 0.2) is 5.69 Å². The SMILES string of the molecule is [C-]#[N+]c1cc(Cl)cc2c1C[C@H](N1CCC[C@@H](N(C)C)C1)[C@H]2Oc1ccc(S(=O)(=O)NCCOCCOCCCC(=O)CCCCCNC(=O)NCCOCCOCCNS(=O)(=O)c2ccc(O[C@H]3c4cc(Cl)cc(C#N)c4C[C@@H]3N3CCC[C@@H](N(C)C)C3)c(C)c2)cc1C. The number of hydrogen-bond acceptors (Lipinski definition) is 17. The number of likely N-dealkylation sites (tertiary alicyclic amines) is 2. The largest absolute Gasteiger partial charge is 0.484 e. The Morgan fingerprint density at radius 3 is 1.61 bits per heavy atom. The Morgan fingerprint density at radius 1 is 0.617 bits per heavy atom. The number of nitriles is 1. The molecular formula is C68H94Cl2N10O12S2. The maximum absolute atomic E-state index is 13.3. The number of fused-ring (bicyclic) bond motifs is 2. The van der Waals surface area contributed by atoms with E-state index in [1.807, 2.05) is 26.0 Å². The molecule has 2 aliphatic heterocycles. The van der Waals surface area contributed by atoms with Crippen molar-refractivity contribution in [3.8, 4) is 17.6 Å². The fourth-order valence-electron chi connectivity index (χ4n) is 12.9. The molecule has 6 atom stereocenters. The molecule has 8 rings (SSSR count). The van der Waals surface area contributed by atoms with Gasteiger partial charge in [0.1, 0.15) is 29.5 Å². The molecular weight excluding hydrogens is 1280 g/mol. The van der Waals surface area contributed by atoms with Gasteiger partial charge in [0.2, 0.25) is 20.0 Å². The Balaban J connectivity index is 0.605. The maximum Gasteiger partial charge on any atom is 0.314 e. The topological polar surface area (TPSA) is 247 Å². The lowest BCUT2D eigenvalue weighted by Gasteiger charge is -2.41. The van der Waals surface area contributed by atoms with Crippen LogP contribution in [-0.2, 0) is 56.6 Å². The highest BCUT2D eigenvalue weighted by molar-refractivity contribution is 7.89. The number of ketones is 1. The number of aryl methyl sites for hydroxylation is 2. The summed E-state index contributed by atoms with van der Waals surface area (Å²) >= 11 is 13.0. The first-order chi connectivity index (χ1) is 45.2. The second kappa shape index (κ2) is 36.2. The standard InChI is InChI=1S/C68H94Cl2N10O12S2/c1-47-36-55(18-20-64(47)91-66-59-39-50(69)38-49(44-71)57(59)42-62(66)79-26-11-14-52(45-79)77(4)5)93(83,84)76-25-31-90-35-34-88-29-23-74-68(82)73-22-10-8-9-16-54(81)17-13-28-87-32-33-89-30-24-75-94(85,86)56-19-21-65(48(2)37-56)92-67-60-40-51(70)41-61(72-3)58(60)43-63(67)80-27-12-15-53(46-80)78(6)7/h18-21,36-41,52-53,62-63,66-67,75-76H,8-17,22-35,42-43,45-46H2,1-2,4-7H3,(H2,73,74,82)/t52-,53-,62+,63+,66+,67+/m1/s1. The van der Waals surface area contributed by atoms with Gasteiger partial charge in [0.05, 0.1) is 86.3 Å². The average Bonchev–Trinajstić information content (AvgIpc) is 1.47. The van der Waals surface area contributed by atoms with Crippen LogP contribution in [0.15, 0.2) is 70.5 Å². The minimum Gasteiger partial charge on any atom is -0.484 e. The van der Waals surface area contributed by atoms with E-state index in [0.29, 0.717) is 114 Å². The zero-order chi connectivity index (χ0) is 67.4. The number of sulfonamides is 2. The first-order valence-electron chi connectivity index (χ1n) is 32.8. The Bertz CT molecular complexity index is 3290. The molecule has 4 aromatic carbocycles. The number of urea groups is 1. The molecule has 94 heavy (non-hydrogen) atoms. The van der Waals surface area contributed by atoms with Crippen molar-refractivity contribution in [3.05, 3.63) is 121 Å². The van der Waals surface area contributed by atoms with E-state index in [0.717, 1.165) is 93.4 Å². The summed E-state index contributed by atoms with van der Waals surface area (Å²) in [5.74, 6) is 1.27. The van der Waals surface area contributed by atoms with Crippen molar-refractivity contribution in [1.82, 2.24) is 39.7 Å². The maximum atomic E-state index is 13.3. The van der Waals surface area contributed by atoms with Crippen molar-refractivity contribution in [3.63, 3.8) is 0 Å². The van der Waals surface area contributed by atoms with Gasteiger partial charge in [-0.2, -0.15) is 5.26 Å². The Morgan fingerprint density at radius 2 is 1.10 bits per heavy atom. The van der Waals surface area contributed by atoms with E-state index in [-0.39, 0.29) is 86.4 Å². The van der Waals surface area contributed by atoms with Gasteiger partial charge in [0, 0.05) is 80.8 Å². The summed E-state index contributed by atoms with van der Waals surface area (Å²) in [5, 5.41) is 16.5. The van der Waals surface area contributed by atoms with Crippen LogP contribution in [0.25, 0.3) is 4.85 Å². The van der Waals surface area contributed by atoms with E-state index < -0.39 is 32.3 Å². The highest BCUT2D eigenvalue weighted by Gasteiger charge is 2.43. The molecule has 0 radical (unpaired) electrons. The molecule has 26 heteroatoms. The lowest BCUT2D eigenvalue weighted by molar-refractivity contribution is -0.119. The van der Waals surface area contributed by atoms with Crippen LogP contribution in [0.2, 0.25) is 10.0 Å². The van der Waals surface area contributed by atoms with E-state index in [9.17, 15) is 31.7 Å². The molecule has 4 aliphatic rings. The van der Waals surface area contributed by atoms with Crippen molar-refractivity contribution in [2.24, 2.45) is 0 Å². The molecule has 4 aromatic rings. The Kier molecular flexibility index (Phi) is 28.6. The number of halogens is 2. The van der Waals surface area contributed by atoms with Gasteiger partial charge < -0.3 is 48.9 Å². The van der Waals surface area contributed by atoms with Crippen molar-refractivity contribution in [1.29, 1.82) is 5.26 Å². The lowest BCUT2D eigenvalue weighted by atomic mass is 10.0. The number of carbonyl (C=O) groups excluding carboxylic acids is 2. The minimum atomic E-state index is -3.85. The number of nitrogens with zero attached hydrogens (tertiary/aromatic N) is 6. The van der Waals surface area contributed by atoms with E-state index >= 15 is 0 Å². The molecule has 0 aromatic heterocycles. The van der Waals surface area contributed by atoms with E-state index in [1.165, 1.54) is 6.07 Å². The molecule has 2 fully saturated rings. The highest BCUT2D eigenvalue weighted by atomic mass is 35.5. The van der Waals surface area contributed by atoms with Crippen LogP contribution in [0.4, 0.5) is 10.5 Å². The van der Waals surface area contributed by atoms with Gasteiger partial charge in [0.25, 0.3) is 0 Å². The fourth-order valence-corrected chi connectivity index (χ4v) is 15.5. The second-order valence-electron chi connectivity index (χ2n) is 25.1. The summed E-state index contributed by atoms with van der Waals surface area (Å²) in [6, 6.07) is 19.6. The molecule has 2 amide bonds. The highest BCUT2D eigenvalue weighted by Crippen LogP contribution is 2.46. The number of carbonyl (C=O) groups is 2. The summed E-state index contributed by atoms with van der Waals surface area (Å²) in [5.41, 5.74) is 6.08. The molecule has 2 saturated heterocycles. The first-order valence-corrected chi connectivity index (χ1v) is 36.5. The molecule has 4 N–H and O–H groups in total. The van der Waals surface area contributed by atoms with Crippen molar-refractivity contribution in [2.45, 2.75) is 137 Å².